The van der Waals surface area contributed by atoms with E-state index in [-0.39, 0.29) is 0 Å². The molecule has 1 rings (SSSR count). The lowest BCUT2D eigenvalue weighted by Gasteiger charge is -1.88. The zero-order valence-electron chi connectivity index (χ0n) is 7.14. The number of hydrogen-bond acceptors (Lipinski definition) is 2. The molecule has 1 aromatic carbocycles. The van der Waals surface area contributed by atoms with Crippen molar-refractivity contribution < 1.29 is 0 Å². The van der Waals surface area contributed by atoms with Crippen molar-refractivity contribution in [3.05, 3.63) is 30.3 Å². The Balaban J connectivity index is 2.47. The summed E-state index contributed by atoms with van der Waals surface area (Å²) in [6, 6.07) is 9.87. The molecule has 1 aromatic rings. The van der Waals surface area contributed by atoms with Crippen LogP contribution in [0.3, 0.4) is 0 Å². The quantitative estimate of drug-likeness (QED) is 0.607. The summed E-state index contributed by atoms with van der Waals surface area (Å²) in [6.45, 7) is 0. The molecule has 0 N–H and O–H groups in total. The first kappa shape index (κ1) is 8.65. The molecule has 2 nitrogen and oxygen atoms in total. The van der Waals surface area contributed by atoms with Gasteiger partial charge in [-0.1, -0.05) is 18.2 Å². The van der Waals surface area contributed by atoms with E-state index < -0.39 is 0 Å². The Morgan fingerprint density at radius 1 is 1.17 bits per heavy atom. The molecule has 0 aromatic heterocycles. The van der Waals surface area contributed by atoms with E-state index in [9.17, 15) is 0 Å². The highest BCUT2D eigenvalue weighted by Gasteiger charge is 1.81. The third kappa shape index (κ3) is 3.10. The van der Waals surface area contributed by atoms with Crippen LogP contribution in [0.15, 0.2) is 40.3 Å². The van der Waals surface area contributed by atoms with Crippen LogP contribution in [0.1, 0.15) is 6.42 Å². The lowest BCUT2D eigenvalue weighted by Crippen LogP contribution is -1.75. The molecule has 62 valence electrons. The lowest BCUT2D eigenvalue weighted by molar-refractivity contribution is 1.43. The molecule has 0 aliphatic carbocycles. The van der Waals surface area contributed by atoms with E-state index in [2.05, 4.69) is 9.98 Å². The van der Waals surface area contributed by atoms with Gasteiger partial charge in [0.15, 0.2) is 0 Å². The zero-order chi connectivity index (χ0) is 8.65. The fraction of sp³-hybridized carbons (Fsp3) is 0.200. The van der Waals surface area contributed by atoms with Crippen LogP contribution < -0.4 is 0 Å². The summed E-state index contributed by atoms with van der Waals surface area (Å²) in [5, 5.41) is 0. The molecular weight excluding hydrogens is 148 g/mol. The average molecular weight is 160 g/mol. The van der Waals surface area contributed by atoms with E-state index in [1.165, 1.54) is 0 Å². The van der Waals surface area contributed by atoms with Crippen LogP contribution in [0.4, 0.5) is 5.69 Å². The van der Waals surface area contributed by atoms with Gasteiger partial charge in [-0.3, -0.25) is 4.99 Å². The van der Waals surface area contributed by atoms with E-state index in [0.717, 1.165) is 12.1 Å². The first-order chi connectivity index (χ1) is 5.93. The molecular formula is C10H12N2. The molecule has 2 heteroatoms. The van der Waals surface area contributed by atoms with E-state index in [1.54, 1.807) is 7.05 Å². The van der Waals surface area contributed by atoms with Crippen LogP contribution in [0.2, 0.25) is 0 Å². The molecule has 0 radical (unpaired) electrons. The SMILES string of the molecule is CN=CCC=Nc1ccccc1. The molecule has 0 spiro atoms. The second-order valence-corrected chi connectivity index (χ2v) is 2.32. The Morgan fingerprint density at radius 2 is 1.92 bits per heavy atom. The molecule has 0 heterocycles. The molecule has 0 atom stereocenters. The van der Waals surface area contributed by atoms with Crippen molar-refractivity contribution in [3.63, 3.8) is 0 Å². The highest BCUT2D eigenvalue weighted by atomic mass is 14.7. The van der Waals surface area contributed by atoms with Crippen LogP contribution in [0.5, 0.6) is 0 Å². The van der Waals surface area contributed by atoms with Crippen LogP contribution in [-0.2, 0) is 0 Å². The summed E-state index contributed by atoms with van der Waals surface area (Å²) in [6.07, 6.45) is 4.47. The van der Waals surface area contributed by atoms with Crippen molar-refractivity contribution in [2.75, 3.05) is 7.05 Å². The van der Waals surface area contributed by atoms with Gasteiger partial charge in [-0.15, -0.1) is 0 Å². The number of aliphatic imine (C=N–C) groups is 2. The van der Waals surface area contributed by atoms with Crippen LogP contribution in [0, 0.1) is 0 Å². The zero-order valence-corrected chi connectivity index (χ0v) is 7.14. The van der Waals surface area contributed by atoms with Gasteiger partial charge in [-0.25, -0.2) is 0 Å². The number of nitrogens with zero attached hydrogens (tertiary/aromatic N) is 2. The van der Waals surface area contributed by atoms with Gasteiger partial charge in [0.1, 0.15) is 0 Å². The molecule has 12 heavy (non-hydrogen) atoms. The molecule has 0 saturated heterocycles. The molecule has 0 fully saturated rings. The Hall–Kier alpha value is -1.44. The number of para-hydroxylation sites is 1. The highest BCUT2D eigenvalue weighted by molar-refractivity contribution is 5.80. The fourth-order valence-electron chi connectivity index (χ4n) is 0.825. The Kier molecular flexibility index (Phi) is 3.78. The summed E-state index contributed by atoms with van der Waals surface area (Å²) in [5.41, 5.74) is 0.988. The third-order valence-corrected chi connectivity index (χ3v) is 1.39. The van der Waals surface area contributed by atoms with Crippen molar-refractivity contribution in [3.8, 4) is 0 Å². The van der Waals surface area contributed by atoms with Crippen LogP contribution >= 0.6 is 0 Å². The van der Waals surface area contributed by atoms with Gasteiger partial charge >= 0.3 is 0 Å². The maximum absolute atomic E-state index is 4.23. The topological polar surface area (TPSA) is 24.7 Å². The Labute approximate surface area is 72.7 Å². The third-order valence-electron chi connectivity index (χ3n) is 1.39. The molecule has 0 bridgehead atoms. The van der Waals surface area contributed by atoms with Crippen molar-refractivity contribution in [1.29, 1.82) is 0 Å². The maximum atomic E-state index is 4.23. The minimum atomic E-state index is 0.797. The summed E-state index contributed by atoms with van der Waals surface area (Å²) in [4.78, 5) is 8.08. The minimum absolute atomic E-state index is 0.797. The largest absolute Gasteiger partial charge is 0.300 e. The predicted octanol–water partition coefficient (Wildman–Crippen LogP) is 2.48. The number of benzene rings is 1. The normalized spacial score (nSPS) is 11.4. The average Bonchev–Trinajstić information content (AvgIpc) is 2.14. The number of rotatable bonds is 3. The van der Waals surface area contributed by atoms with Gasteiger partial charge < -0.3 is 4.99 Å². The second kappa shape index (κ2) is 5.24. The van der Waals surface area contributed by atoms with Crippen molar-refractivity contribution in [2.24, 2.45) is 9.98 Å². The number of hydrogen-bond donors (Lipinski definition) is 0. The Bertz CT molecular complexity index is 262. The second-order valence-electron chi connectivity index (χ2n) is 2.32. The monoisotopic (exact) mass is 160 g/mol. The Morgan fingerprint density at radius 3 is 2.58 bits per heavy atom. The lowest BCUT2D eigenvalue weighted by atomic mass is 10.3. The molecule has 0 aliphatic heterocycles. The smallest absolute Gasteiger partial charge is 0.0625 e. The van der Waals surface area contributed by atoms with E-state index >= 15 is 0 Å². The van der Waals surface area contributed by atoms with E-state index in [0.29, 0.717) is 0 Å². The summed E-state index contributed by atoms with van der Waals surface area (Å²) in [7, 11) is 1.76. The first-order valence-corrected chi connectivity index (χ1v) is 3.91. The molecule has 0 saturated carbocycles. The van der Waals surface area contributed by atoms with Crippen LogP contribution in [0.25, 0.3) is 0 Å². The minimum Gasteiger partial charge on any atom is -0.300 e. The summed E-state index contributed by atoms with van der Waals surface area (Å²) >= 11 is 0. The van der Waals surface area contributed by atoms with Gasteiger partial charge in [0, 0.05) is 25.9 Å². The van der Waals surface area contributed by atoms with Crippen molar-refractivity contribution in [1.82, 2.24) is 0 Å². The van der Waals surface area contributed by atoms with Crippen molar-refractivity contribution in [2.45, 2.75) is 6.42 Å². The molecule has 0 aliphatic rings. The molecule has 0 amide bonds. The van der Waals surface area contributed by atoms with Crippen molar-refractivity contribution >= 4 is 18.1 Å². The summed E-state index contributed by atoms with van der Waals surface area (Å²) in [5.74, 6) is 0. The molecule has 0 unspecified atom stereocenters. The van der Waals surface area contributed by atoms with Crippen LogP contribution in [-0.4, -0.2) is 19.5 Å². The van der Waals surface area contributed by atoms with E-state index in [4.69, 9.17) is 0 Å². The highest BCUT2D eigenvalue weighted by Crippen LogP contribution is 2.08. The maximum Gasteiger partial charge on any atom is 0.0625 e. The van der Waals surface area contributed by atoms with Gasteiger partial charge in [-0.05, 0) is 12.1 Å². The standard InChI is InChI=1S/C10H12N2/c1-11-8-5-9-12-10-6-3-2-4-7-10/h2-4,6-9H,5H2,1H3. The summed E-state index contributed by atoms with van der Waals surface area (Å²) < 4.78 is 0. The van der Waals surface area contributed by atoms with Gasteiger partial charge in [-0.2, -0.15) is 0 Å². The van der Waals surface area contributed by atoms with Gasteiger partial charge in [0.05, 0.1) is 5.69 Å². The first-order valence-electron chi connectivity index (χ1n) is 3.91. The fourth-order valence-corrected chi connectivity index (χ4v) is 0.825. The van der Waals surface area contributed by atoms with Gasteiger partial charge in [0.25, 0.3) is 0 Å². The van der Waals surface area contributed by atoms with E-state index in [1.807, 2.05) is 42.8 Å². The predicted molar refractivity (Wildman–Crippen MR) is 53.6 cm³/mol. The van der Waals surface area contributed by atoms with Gasteiger partial charge in [0.2, 0.25) is 0 Å².